The highest BCUT2D eigenvalue weighted by Gasteiger charge is 2.61. The van der Waals surface area contributed by atoms with Crippen LogP contribution in [-0.2, 0) is 4.79 Å². The van der Waals surface area contributed by atoms with Crippen molar-refractivity contribution >= 4 is 17.6 Å². The molecular weight excluding hydrogens is 233 g/mol. The van der Waals surface area contributed by atoms with Gasteiger partial charge < -0.3 is 5.11 Å². The molecule has 0 aromatic carbocycles. The molecule has 15 heavy (non-hydrogen) atoms. The van der Waals surface area contributed by atoms with Crippen molar-refractivity contribution in [3.05, 3.63) is 11.9 Å². The molecule has 0 spiro atoms. The van der Waals surface area contributed by atoms with E-state index in [9.17, 15) is 18.0 Å². The van der Waals surface area contributed by atoms with Crippen LogP contribution in [0.5, 0.6) is 0 Å². The average Bonchev–Trinajstić information content (AvgIpc) is 2.50. The minimum absolute atomic E-state index is 0.603. The lowest BCUT2D eigenvalue weighted by Crippen LogP contribution is -2.07. The predicted octanol–water partition coefficient (Wildman–Crippen LogP) is 3.03. The van der Waals surface area contributed by atoms with E-state index in [-0.39, 0.29) is 0 Å². The van der Waals surface area contributed by atoms with Crippen LogP contribution in [-0.4, -0.2) is 16.5 Å². The Morgan fingerprint density at radius 2 is 2.00 bits per heavy atom. The summed E-state index contributed by atoms with van der Waals surface area (Å²) in [5.74, 6) is -4.47. The Bertz CT molecular complexity index is 320. The van der Waals surface area contributed by atoms with Crippen LogP contribution in [0.3, 0.4) is 0 Å². The van der Waals surface area contributed by atoms with Gasteiger partial charge in [0.25, 0.3) is 0 Å². The van der Waals surface area contributed by atoms with E-state index in [1.807, 2.05) is 0 Å². The van der Waals surface area contributed by atoms with Crippen molar-refractivity contribution in [3.63, 3.8) is 0 Å². The monoisotopic (exact) mass is 242 g/mol. The molecule has 1 N–H and O–H groups in total. The summed E-state index contributed by atoms with van der Waals surface area (Å²) in [7, 11) is 0. The molecule has 0 heterocycles. The van der Waals surface area contributed by atoms with E-state index in [4.69, 9.17) is 5.11 Å². The second-order valence-electron chi connectivity index (χ2n) is 4.18. The first-order valence-electron chi connectivity index (χ1n) is 4.26. The standard InChI is InChI=1S/C9H10ClF3O2/c1-8(2)4(6(8)7(14)15)3-5(11)9(10,12)13/h3-4,6H,1-2H3,(H,14,15)/b5-3-/t4-,6+/m0/s1. The third kappa shape index (κ3) is 2.27. The van der Waals surface area contributed by atoms with Gasteiger partial charge in [0, 0.05) is 0 Å². The summed E-state index contributed by atoms with van der Waals surface area (Å²) < 4.78 is 37.3. The van der Waals surface area contributed by atoms with Crippen molar-refractivity contribution in [1.29, 1.82) is 0 Å². The maximum atomic E-state index is 12.8. The summed E-state index contributed by atoms with van der Waals surface area (Å²) >= 11 is 4.45. The number of hydrogen-bond acceptors (Lipinski definition) is 1. The smallest absolute Gasteiger partial charge is 0.373 e. The largest absolute Gasteiger partial charge is 0.481 e. The number of carbonyl (C=O) groups is 1. The summed E-state index contributed by atoms with van der Waals surface area (Å²) in [5.41, 5.74) is -0.703. The zero-order valence-electron chi connectivity index (χ0n) is 8.10. The van der Waals surface area contributed by atoms with E-state index in [1.165, 1.54) is 0 Å². The summed E-state index contributed by atoms with van der Waals surface area (Å²) in [6.07, 6.45) is 0.603. The summed E-state index contributed by atoms with van der Waals surface area (Å²) in [5, 5.41) is 4.65. The molecule has 6 heteroatoms. The maximum Gasteiger partial charge on any atom is 0.373 e. The second-order valence-corrected chi connectivity index (χ2v) is 4.65. The highest BCUT2D eigenvalue weighted by Crippen LogP contribution is 2.59. The van der Waals surface area contributed by atoms with Crippen molar-refractivity contribution in [2.45, 2.75) is 19.2 Å². The van der Waals surface area contributed by atoms with Gasteiger partial charge in [-0.1, -0.05) is 13.8 Å². The molecule has 1 aliphatic carbocycles. The van der Waals surface area contributed by atoms with E-state index in [0.29, 0.717) is 6.08 Å². The molecule has 1 fully saturated rings. The molecule has 0 aromatic rings. The van der Waals surface area contributed by atoms with Gasteiger partial charge in [-0.05, 0) is 29.0 Å². The molecule has 0 unspecified atom stereocenters. The molecule has 0 aliphatic heterocycles. The minimum atomic E-state index is -4.05. The van der Waals surface area contributed by atoms with Crippen LogP contribution in [0.4, 0.5) is 13.2 Å². The fourth-order valence-corrected chi connectivity index (χ4v) is 1.78. The van der Waals surface area contributed by atoms with Crippen molar-refractivity contribution in [1.82, 2.24) is 0 Å². The van der Waals surface area contributed by atoms with E-state index >= 15 is 0 Å². The number of rotatable bonds is 3. The Morgan fingerprint density at radius 1 is 1.53 bits per heavy atom. The van der Waals surface area contributed by atoms with Gasteiger partial charge in [-0.15, -0.1) is 0 Å². The average molecular weight is 243 g/mol. The Morgan fingerprint density at radius 3 is 2.27 bits per heavy atom. The minimum Gasteiger partial charge on any atom is -0.481 e. The van der Waals surface area contributed by atoms with E-state index < -0.39 is 34.4 Å². The number of carboxylic acid groups (broad SMARTS) is 1. The van der Waals surface area contributed by atoms with Crippen LogP contribution < -0.4 is 0 Å². The number of halogens is 4. The van der Waals surface area contributed by atoms with Crippen LogP contribution in [0.1, 0.15) is 13.8 Å². The Labute approximate surface area is 89.7 Å². The normalized spacial score (nSPS) is 30.1. The van der Waals surface area contributed by atoms with Crippen LogP contribution in [0.15, 0.2) is 11.9 Å². The van der Waals surface area contributed by atoms with Crippen LogP contribution >= 0.6 is 11.6 Å². The highest BCUT2D eigenvalue weighted by atomic mass is 35.5. The summed E-state index contributed by atoms with van der Waals surface area (Å²) in [4.78, 5) is 10.6. The molecule has 2 nitrogen and oxygen atoms in total. The van der Waals surface area contributed by atoms with Crippen LogP contribution in [0.2, 0.25) is 0 Å². The quantitative estimate of drug-likeness (QED) is 0.773. The zero-order valence-corrected chi connectivity index (χ0v) is 8.86. The van der Waals surface area contributed by atoms with Gasteiger partial charge in [0.15, 0.2) is 5.83 Å². The number of allylic oxidation sites excluding steroid dienone is 2. The van der Waals surface area contributed by atoms with Gasteiger partial charge in [0.05, 0.1) is 5.92 Å². The number of alkyl halides is 3. The van der Waals surface area contributed by atoms with E-state index in [1.54, 1.807) is 13.8 Å². The highest BCUT2D eigenvalue weighted by molar-refractivity contribution is 6.23. The SMILES string of the molecule is CC1(C)[C@@H](/C=C(\F)C(F)(F)Cl)[C@@H]1C(=O)O. The lowest BCUT2D eigenvalue weighted by Gasteiger charge is -2.04. The van der Waals surface area contributed by atoms with Crippen LogP contribution in [0, 0.1) is 17.3 Å². The van der Waals surface area contributed by atoms with Crippen molar-refractivity contribution in [2.75, 3.05) is 0 Å². The topological polar surface area (TPSA) is 37.3 Å². The van der Waals surface area contributed by atoms with Crippen molar-refractivity contribution in [2.24, 2.45) is 17.3 Å². The van der Waals surface area contributed by atoms with Gasteiger partial charge in [0.2, 0.25) is 0 Å². The third-order valence-corrected chi connectivity index (χ3v) is 2.95. The molecule has 86 valence electrons. The first kappa shape index (κ1) is 12.4. The van der Waals surface area contributed by atoms with E-state index in [0.717, 1.165) is 0 Å². The maximum absolute atomic E-state index is 12.8. The molecule has 1 rings (SSSR count). The molecular formula is C9H10ClF3O2. The fraction of sp³-hybridized carbons (Fsp3) is 0.667. The molecule has 1 saturated carbocycles. The molecule has 1 aliphatic rings. The fourth-order valence-electron chi connectivity index (χ4n) is 1.71. The molecule has 0 saturated heterocycles. The summed E-state index contributed by atoms with van der Waals surface area (Å²) in [6, 6.07) is 0. The van der Waals surface area contributed by atoms with E-state index in [2.05, 4.69) is 11.6 Å². The van der Waals surface area contributed by atoms with Gasteiger partial charge >= 0.3 is 11.4 Å². The molecule has 0 amide bonds. The third-order valence-electron chi connectivity index (χ3n) is 2.77. The zero-order chi connectivity index (χ0) is 12.0. The summed E-state index contributed by atoms with van der Waals surface area (Å²) in [6.45, 7) is 3.15. The van der Waals surface area contributed by atoms with Crippen LogP contribution in [0.25, 0.3) is 0 Å². The lowest BCUT2D eigenvalue weighted by atomic mass is 10.1. The predicted molar refractivity (Wildman–Crippen MR) is 48.4 cm³/mol. The van der Waals surface area contributed by atoms with Gasteiger partial charge in [0.1, 0.15) is 0 Å². The Kier molecular flexibility index (Phi) is 2.80. The van der Waals surface area contributed by atoms with Crippen molar-refractivity contribution < 1.29 is 23.1 Å². The first-order chi connectivity index (χ1) is 6.58. The number of carboxylic acids is 1. The number of aliphatic carboxylic acids is 1. The number of hydrogen-bond donors (Lipinski definition) is 1. The molecule has 2 atom stereocenters. The Balaban J connectivity index is 2.83. The van der Waals surface area contributed by atoms with Gasteiger partial charge in [-0.25, -0.2) is 4.39 Å². The molecule has 0 radical (unpaired) electrons. The lowest BCUT2D eigenvalue weighted by molar-refractivity contribution is -0.139. The molecule has 0 bridgehead atoms. The Hall–Kier alpha value is -0.710. The molecule has 0 aromatic heterocycles. The second kappa shape index (κ2) is 3.40. The van der Waals surface area contributed by atoms with Gasteiger partial charge in [-0.2, -0.15) is 8.78 Å². The van der Waals surface area contributed by atoms with Crippen molar-refractivity contribution in [3.8, 4) is 0 Å². The van der Waals surface area contributed by atoms with Gasteiger partial charge in [-0.3, -0.25) is 4.79 Å². The first-order valence-corrected chi connectivity index (χ1v) is 4.63.